The van der Waals surface area contributed by atoms with E-state index in [4.69, 9.17) is 11.6 Å². The Morgan fingerprint density at radius 3 is 2.23 bits per heavy atom. The van der Waals surface area contributed by atoms with Crippen LogP contribution in [0.25, 0.3) is 5.82 Å². The van der Waals surface area contributed by atoms with E-state index in [2.05, 4.69) is 15.1 Å². The highest BCUT2D eigenvalue weighted by Gasteiger charge is 2.23. The molecule has 1 amide bonds. The molecule has 0 N–H and O–H groups in total. The lowest BCUT2D eigenvalue weighted by atomic mass is 10.2. The minimum absolute atomic E-state index is 0.0150. The smallest absolute Gasteiger partial charge is 0.254 e. The first kappa shape index (κ1) is 16.6. The van der Waals surface area contributed by atoms with Crippen molar-refractivity contribution in [2.75, 3.05) is 31.1 Å². The quantitative estimate of drug-likeness (QED) is 0.714. The number of carbonyl (C=O) groups excluding carboxylic acids is 1. The van der Waals surface area contributed by atoms with Crippen LogP contribution in [-0.4, -0.2) is 51.8 Å². The Labute approximate surface area is 156 Å². The number of rotatable bonds is 3. The summed E-state index contributed by atoms with van der Waals surface area (Å²) in [6.07, 6.45) is 3.87. The van der Waals surface area contributed by atoms with E-state index in [9.17, 15) is 4.79 Å². The molecule has 3 heterocycles. The second-order valence-corrected chi connectivity index (χ2v) is 6.57. The number of benzene rings is 1. The number of hydrogen-bond donors (Lipinski definition) is 0. The summed E-state index contributed by atoms with van der Waals surface area (Å²) in [5, 5.41) is 9.19. The maximum absolute atomic E-state index is 12.6. The third-order valence-electron chi connectivity index (χ3n) is 4.47. The minimum Gasteiger partial charge on any atom is -0.352 e. The van der Waals surface area contributed by atoms with Crippen molar-refractivity contribution >= 4 is 23.3 Å². The highest BCUT2D eigenvalue weighted by Crippen LogP contribution is 2.17. The summed E-state index contributed by atoms with van der Waals surface area (Å²) in [7, 11) is 0. The number of halogens is 1. The SMILES string of the molecule is O=C(c1cccc(Cl)c1)N1CCN(c2ccc(-n3cccc3)nn2)CC1. The van der Waals surface area contributed by atoms with Gasteiger partial charge in [-0.15, -0.1) is 10.2 Å². The molecule has 0 aliphatic carbocycles. The van der Waals surface area contributed by atoms with E-state index in [0.29, 0.717) is 23.7 Å². The van der Waals surface area contributed by atoms with Crippen LogP contribution in [-0.2, 0) is 0 Å². The Hall–Kier alpha value is -2.86. The molecule has 26 heavy (non-hydrogen) atoms. The maximum Gasteiger partial charge on any atom is 0.254 e. The van der Waals surface area contributed by atoms with Crippen molar-refractivity contribution < 1.29 is 4.79 Å². The molecule has 0 atom stereocenters. The fraction of sp³-hybridized carbons (Fsp3) is 0.211. The van der Waals surface area contributed by atoms with E-state index in [-0.39, 0.29) is 5.91 Å². The van der Waals surface area contributed by atoms with Crippen LogP contribution < -0.4 is 4.90 Å². The van der Waals surface area contributed by atoms with Crippen molar-refractivity contribution in [3.8, 4) is 5.82 Å². The summed E-state index contributed by atoms with van der Waals surface area (Å²) in [6.45, 7) is 2.74. The monoisotopic (exact) mass is 367 g/mol. The molecule has 0 radical (unpaired) electrons. The molecule has 6 nitrogen and oxygen atoms in total. The Balaban J connectivity index is 1.39. The average Bonchev–Trinajstić information content (AvgIpc) is 3.23. The fourth-order valence-corrected chi connectivity index (χ4v) is 3.24. The summed E-state index contributed by atoms with van der Waals surface area (Å²) in [6, 6.07) is 14.9. The zero-order chi connectivity index (χ0) is 17.9. The number of anilines is 1. The molecule has 1 aliphatic rings. The normalized spacial score (nSPS) is 14.5. The van der Waals surface area contributed by atoms with Gasteiger partial charge in [-0.3, -0.25) is 4.79 Å². The molecule has 1 aromatic carbocycles. The molecule has 0 bridgehead atoms. The van der Waals surface area contributed by atoms with Gasteiger partial charge in [0.25, 0.3) is 5.91 Å². The maximum atomic E-state index is 12.6. The highest BCUT2D eigenvalue weighted by molar-refractivity contribution is 6.30. The topological polar surface area (TPSA) is 54.3 Å². The van der Waals surface area contributed by atoms with Gasteiger partial charge in [-0.05, 0) is 42.5 Å². The van der Waals surface area contributed by atoms with E-state index in [1.165, 1.54) is 0 Å². The lowest BCUT2D eigenvalue weighted by Crippen LogP contribution is -2.49. The average molecular weight is 368 g/mol. The van der Waals surface area contributed by atoms with Crippen LogP contribution in [0, 0.1) is 0 Å². The van der Waals surface area contributed by atoms with Gasteiger partial charge in [0.2, 0.25) is 0 Å². The van der Waals surface area contributed by atoms with Gasteiger partial charge in [0.05, 0.1) is 0 Å². The zero-order valence-corrected chi connectivity index (χ0v) is 14.9. The highest BCUT2D eigenvalue weighted by atomic mass is 35.5. The van der Waals surface area contributed by atoms with E-state index < -0.39 is 0 Å². The van der Waals surface area contributed by atoms with Crippen LogP contribution in [0.5, 0.6) is 0 Å². The minimum atomic E-state index is 0.0150. The van der Waals surface area contributed by atoms with Crippen LogP contribution in [0.3, 0.4) is 0 Å². The molecule has 0 saturated carbocycles. The van der Waals surface area contributed by atoms with Crippen molar-refractivity contribution in [1.29, 1.82) is 0 Å². The fourth-order valence-electron chi connectivity index (χ4n) is 3.05. The number of piperazine rings is 1. The van der Waals surface area contributed by atoms with E-state index >= 15 is 0 Å². The van der Waals surface area contributed by atoms with Crippen LogP contribution in [0.15, 0.2) is 60.9 Å². The summed E-state index contributed by atoms with van der Waals surface area (Å²) in [5.74, 6) is 1.63. The van der Waals surface area contributed by atoms with Crippen LogP contribution >= 0.6 is 11.6 Å². The van der Waals surface area contributed by atoms with Gasteiger partial charge in [-0.2, -0.15) is 0 Å². The van der Waals surface area contributed by atoms with Gasteiger partial charge in [0, 0.05) is 49.2 Å². The molecule has 4 rings (SSSR count). The molecule has 0 unspecified atom stereocenters. The predicted molar refractivity (Wildman–Crippen MR) is 101 cm³/mol. The van der Waals surface area contributed by atoms with Crippen molar-refractivity contribution in [2.24, 2.45) is 0 Å². The third-order valence-corrected chi connectivity index (χ3v) is 4.70. The first-order valence-electron chi connectivity index (χ1n) is 8.47. The third kappa shape index (κ3) is 3.41. The van der Waals surface area contributed by atoms with Gasteiger partial charge in [0.15, 0.2) is 11.6 Å². The Kier molecular flexibility index (Phi) is 4.58. The summed E-state index contributed by atoms with van der Waals surface area (Å²) < 4.78 is 1.92. The van der Waals surface area contributed by atoms with Crippen LogP contribution in [0.1, 0.15) is 10.4 Å². The van der Waals surface area contributed by atoms with E-state index in [0.717, 1.165) is 24.7 Å². The first-order chi connectivity index (χ1) is 12.7. The number of amides is 1. The van der Waals surface area contributed by atoms with Crippen LogP contribution in [0.4, 0.5) is 5.82 Å². The molecule has 7 heteroatoms. The Morgan fingerprint density at radius 2 is 1.58 bits per heavy atom. The number of aromatic nitrogens is 3. The lowest BCUT2D eigenvalue weighted by molar-refractivity contribution is 0.0746. The van der Waals surface area contributed by atoms with E-state index in [1.807, 2.05) is 46.1 Å². The zero-order valence-electron chi connectivity index (χ0n) is 14.1. The molecule has 3 aromatic rings. The molecule has 2 aromatic heterocycles. The standard InChI is InChI=1S/C19H18ClN5O/c20-16-5-3-4-15(14-16)19(26)25-12-10-24(11-13-25)18-7-6-17(21-22-18)23-8-1-2-9-23/h1-9,14H,10-13H2. The predicted octanol–water partition coefficient (Wildman–Crippen LogP) is 2.88. The molecular weight excluding hydrogens is 350 g/mol. The number of nitrogens with zero attached hydrogens (tertiary/aromatic N) is 5. The van der Waals surface area contributed by atoms with E-state index in [1.54, 1.807) is 24.3 Å². The summed E-state index contributed by atoms with van der Waals surface area (Å²) in [4.78, 5) is 16.6. The van der Waals surface area contributed by atoms with Crippen molar-refractivity contribution in [3.63, 3.8) is 0 Å². The van der Waals surface area contributed by atoms with Gasteiger partial charge >= 0.3 is 0 Å². The van der Waals surface area contributed by atoms with Crippen LogP contribution in [0.2, 0.25) is 5.02 Å². The van der Waals surface area contributed by atoms with Crippen molar-refractivity contribution in [2.45, 2.75) is 0 Å². The van der Waals surface area contributed by atoms with Gasteiger partial charge in [-0.25, -0.2) is 0 Å². The number of carbonyl (C=O) groups is 1. The van der Waals surface area contributed by atoms with Crippen molar-refractivity contribution in [3.05, 3.63) is 71.5 Å². The summed E-state index contributed by atoms with van der Waals surface area (Å²) in [5.41, 5.74) is 0.627. The van der Waals surface area contributed by atoms with Gasteiger partial charge in [0.1, 0.15) is 0 Å². The lowest BCUT2D eigenvalue weighted by Gasteiger charge is -2.35. The molecule has 1 aliphatic heterocycles. The molecule has 1 fully saturated rings. The molecular formula is C19H18ClN5O. The Morgan fingerprint density at radius 1 is 0.885 bits per heavy atom. The van der Waals surface area contributed by atoms with Crippen molar-refractivity contribution in [1.82, 2.24) is 19.7 Å². The largest absolute Gasteiger partial charge is 0.352 e. The molecule has 0 spiro atoms. The summed E-state index contributed by atoms with van der Waals surface area (Å²) >= 11 is 5.98. The van der Waals surface area contributed by atoms with Gasteiger partial charge < -0.3 is 14.4 Å². The molecule has 1 saturated heterocycles. The second-order valence-electron chi connectivity index (χ2n) is 6.13. The number of hydrogen-bond acceptors (Lipinski definition) is 4. The first-order valence-corrected chi connectivity index (χ1v) is 8.85. The molecule has 132 valence electrons. The Bertz CT molecular complexity index is 887. The second kappa shape index (κ2) is 7.17. The van der Waals surface area contributed by atoms with Gasteiger partial charge in [-0.1, -0.05) is 17.7 Å².